The third-order valence-electron chi connectivity index (χ3n) is 4.70. The van der Waals surface area contributed by atoms with E-state index in [2.05, 4.69) is 24.0 Å². The third kappa shape index (κ3) is 2.71. The zero-order valence-electron chi connectivity index (χ0n) is 14.8. The number of ether oxygens (including phenoxy) is 2. The number of nitrogens with zero attached hydrogens (tertiary/aromatic N) is 1. The van der Waals surface area contributed by atoms with Crippen LogP contribution in [0.5, 0.6) is 5.75 Å². The van der Waals surface area contributed by atoms with E-state index in [4.69, 9.17) is 9.47 Å². The van der Waals surface area contributed by atoms with Crippen LogP contribution in [0.3, 0.4) is 0 Å². The molecule has 26 heavy (non-hydrogen) atoms. The van der Waals surface area contributed by atoms with Gasteiger partial charge in [-0.3, -0.25) is 4.90 Å². The Hall–Kier alpha value is -3.21. The molecule has 1 fully saturated rings. The van der Waals surface area contributed by atoms with Crippen molar-refractivity contribution in [1.82, 2.24) is 4.98 Å². The summed E-state index contributed by atoms with van der Waals surface area (Å²) in [7, 11) is 1.65. The van der Waals surface area contributed by atoms with Crippen molar-refractivity contribution in [3.05, 3.63) is 60.2 Å². The molecule has 0 radical (unpaired) electrons. The number of carbonyl (C=O) groups excluding carboxylic acids is 1. The molecule has 0 spiro atoms. The number of nitrogens with one attached hydrogen (secondary N) is 1. The molecule has 1 N–H and O–H groups in total. The molecule has 1 aromatic heterocycles. The van der Waals surface area contributed by atoms with E-state index >= 15 is 0 Å². The van der Waals surface area contributed by atoms with Crippen molar-refractivity contribution in [3.8, 4) is 28.1 Å². The van der Waals surface area contributed by atoms with Crippen LogP contribution in [-0.4, -0.2) is 31.3 Å². The van der Waals surface area contributed by atoms with Gasteiger partial charge in [0.2, 0.25) is 0 Å². The van der Waals surface area contributed by atoms with Gasteiger partial charge in [0.1, 0.15) is 18.2 Å². The molecule has 2 aromatic carbocycles. The number of benzene rings is 2. The van der Waals surface area contributed by atoms with Crippen LogP contribution in [-0.2, 0) is 4.74 Å². The second-order valence-corrected chi connectivity index (χ2v) is 6.21. The number of hydrogen-bond donors (Lipinski definition) is 1. The van der Waals surface area contributed by atoms with E-state index in [1.54, 1.807) is 12.0 Å². The highest BCUT2D eigenvalue weighted by molar-refractivity contribution is 5.97. The van der Waals surface area contributed by atoms with Gasteiger partial charge in [-0.1, -0.05) is 30.3 Å². The smallest absolute Gasteiger partial charge is 0.415 e. The van der Waals surface area contributed by atoms with E-state index in [1.807, 2.05) is 42.5 Å². The number of aromatic nitrogens is 1. The van der Waals surface area contributed by atoms with Crippen LogP contribution in [0.2, 0.25) is 0 Å². The molecule has 0 aliphatic carbocycles. The van der Waals surface area contributed by atoms with Crippen molar-refractivity contribution in [1.29, 1.82) is 0 Å². The normalized spacial score (nSPS) is 13.8. The Balaban J connectivity index is 1.88. The minimum absolute atomic E-state index is 0.315. The zero-order valence-corrected chi connectivity index (χ0v) is 14.8. The van der Waals surface area contributed by atoms with Crippen LogP contribution in [0.4, 0.5) is 10.6 Å². The summed E-state index contributed by atoms with van der Waals surface area (Å²) < 4.78 is 10.4. The highest BCUT2D eigenvalue weighted by Gasteiger charge is 2.29. The zero-order chi connectivity index (χ0) is 18.1. The Morgan fingerprint density at radius 3 is 2.38 bits per heavy atom. The summed E-state index contributed by atoms with van der Waals surface area (Å²) in [5.41, 5.74) is 5.21. The van der Waals surface area contributed by atoms with Crippen molar-refractivity contribution < 1.29 is 14.3 Å². The van der Waals surface area contributed by atoms with Gasteiger partial charge in [-0.25, -0.2) is 4.79 Å². The summed E-state index contributed by atoms with van der Waals surface area (Å²) in [5.74, 6) is 1.59. The molecule has 0 bridgehead atoms. The molecule has 132 valence electrons. The Morgan fingerprint density at radius 1 is 1.04 bits per heavy atom. The fourth-order valence-electron chi connectivity index (χ4n) is 3.38. The Kier molecular flexibility index (Phi) is 4.13. The quantitative estimate of drug-likeness (QED) is 0.748. The van der Waals surface area contributed by atoms with Crippen molar-refractivity contribution >= 4 is 11.9 Å². The first-order valence-corrected chi connectivity index (χ1v) is 8.55. The van der Waals surface area contributed by atoms with Crippen LogP contribution in [0.1, 0.15) is 5.56 Å². The summed E-state index contributed by atoms with van der Waals surface area (Å²) in [4.78, 5) is 17.3. The average molecular weight is 348 g/mol. The molecule has 1 amide bonds. The predicted molar refractivity (Wildman–Crippen MR) is 102 cm³/mol. The Bertz CT molecular complexity index is 930. The highest BCUT2D eigenvalue weighted by atomic mass is 16.6. The molecular formula is C21H20N2O3. The van der Waals surface area contributed by atoms with Crippen LogP contribution in [0, 0.1) is 6.92 Å². The molecule has 0 atom stereocenters. The number of cyclic esters (lactones) is 1. The summed E-state index contributed by atoms with van der Waals surface area (Å²) in [5, 5.41) is 0. The second-order valence-electron chi connectivity index (χ2n) is 6.21. The van der Waals surface area contributed by atoms with Crippen LogP contribution < -0.4 is 9.64 Å². The summed E-state index contributed by atoms with van der Waals surface area (Å²) >= 11 is 0. The van der Waals surface area contributed by atoms with Gasteiger partial charge in [0, 0.05) is 5.56 Å². The number of amides is 1. The van der Waals surface area contributed by atoms with E-state index < -0.39 is 0 Å². The minimum atomic E-state index is -0.315. The first-order valence-electron chi connectivity index (χ1n) is 8.55. The van der Waals surface area contributed by atoms with Crippen molar-refractivity contribution in [3.63, 3.8) is 0 Å². The average Bonchev–Trinajstić information content (AvgIpc) is 3.25. The van der Waals surface area contributed by atoms with Crippen LogP contribution in [0.25, 0.3) is 22.4 Å². The Labute approximate surface area is 152 Å². The highest BCUT2D eigenvalue weighted by Crippen LogP contribution is 2.40. The number of aromatic amines is 1. The van der Waals surface area contributed by atoms with Gasteiger partial charge in [0.15, 0.2) is 0 Å². The maximum atomic E-state index is 12.2. The van der Waals surface area contributed by atoms with E-state index in [0.29, 0.717) is 13.2 Å². The van der Waals surface area contributed by atoms with Crippen molar-refractivity contribution in [2.75, 3.05) is 25.2 Å². The molecule has 4 rings (SSSR count). The lowest BCUT2D eigenvalue weighted by Gasteiger charge is -2.14. The largest absolute Gasteiger partial charge is 0.497 e. The van der Waals surface area contributed by atoms with E-state index in [9.17, 15) is 4.79 Å². The Morgan fingerprint density at radius 2 is 1.77 bits per heavy atom. The monoisotopic (exact) mass is 348 g/mol. The summed E-state index contributed by atoms with van der Waals surface area (Å²) in [6.07, 6.45) is -0.315. The number of hydrogen-bond acceptors (Lipinski definition) is 3. The van der Waals surface area contributed by atoms with Gasteiger partial charge in [0.25, 0.3) is 0 Å². The lowest BCUT2D eigenvalue weighted by Crippen LogP contribution is -2.24. The lowest BCUT2D eigenvalue weighted by molar-refractivity contribution is 0.181. The molecule has 0 saturated carbocycles. The van der Waals surface area contributed by atoms with Crippen LogP contribution in [0.15, 0.2) is 54.6 Å². The first kappa shape index (κ1) is 16.3. The molecule has 1 aliphatic rings. The van der Waals surface area contributed by atoms with E-state index in [1.165, 1.54) is 0 Å². The van der Waals surface area contributed by atoms with Gasteiger partial charge in [-0.15, -0.1) is 0 Å². The molecule has 5 nitrogen and oxygen atoms in total. The molecule has 5 heteroatoms. The van der Waals surface area contributed by atoms with Gasteiger partial charge < -0.3 is 14.5 Å². The maximum Gasteiger partial charge on any atom is 0.415 e. The predicted octanol–water partition coefficient (Wildman–Crippen LogP) is 4.62. The fraction of sp³-hybridized carbons (Fsp3) is 0.190. The molecule has 1 saturated heterocycles. The minimum Gasteiger partial charge on any atom is -0.497 e. The number of H-pyrrole nitrogens is 1. The first-order chi connectivity index (χ1) is 12.7. The number of anilines is 1. The van der Waals surface area contributed by atoms with Gasteiger partial charge >= 0.3 is 6.09 Å². The standard InChI is InChI=1S/C21H20N2O3/c1-14-18(15-6-4-3-5-7-15)20(23-12-13-26-21(23)24)22-19(14)16-8-10-17(25-2)11-9-16/h3-11,22H,12-13H2,1-2H3. The third-order valence-corrected chi connectivity index (χ3v) is 4.70. The number of methoxy groups -OCH3 is 1. The van der Waals surface area contributed by atoms with Crippen LogP contribution >= 0.6 is 0 Å². The van der Waals surface area contributed by atoms with Gasteiger partial charge in [-0.05, 0) is 47.9 Å². The lowest BCUT2D eigenvalue weighted by atomic mass is 10.00. The molecule has 0 unspecified atom stereocenters. The second kappa shape index (κ2) is 6.59. The summed E-state index contributed by atoms with van der Waals surface area (Å²) in [6.45, 7) is 3.02. The molecule has 1 aliphatic heterocycles. The topological polar surface area (TPSA) is 54.6 Å². The van der Waals surface area contributed by atoms with Crippen molar-refractivity contribution in [2.45, 2.75) is 6.92 Å². The SMILES string of the molecule is COc1ccc(-c2[nH]c(N3CCOC3=O)c(-c3ccccc3)c2C)cc1. The van der Waals surface area contributed by atoms with Crippen molar-refractivity contribution in [2.24, 2.45) is 0 Å². The number of rotatable bonds is 4. The van der Waals surface area contributed by atoms with E-state index in [0.717, 1.165) is 39.5 Å². The fourth-order valence-corrected chi connectivity index (χ4v) is 3.38. The maximum absolute atomic E-state index is 12.2. The summed E-state index contributed by atoms with van der Waals surface area (Å²) in [6, 6.07) is 18.0. The van der Waals surface area contributed by atoms with E-state index in [-0.39, 0.29) is 6.09 Å². The van der Waals surface area contributed by atoms with Gasteiger partial charge in [-0.2, -0.15) is 0 Å². The molecule has 2 heterocycles. The molecule has 3 aromatic rings. The number of carbonyl (C=O) groups is 1. The molecular weight excluding hydrogens is 328 g/mol. The van der Waals surface area contributed by atoms with Gasteiger partial charge in [0.05, 0.1) is 19.3 Å².